The summed E-state index contributed by atoms with van der Waals surface area (Å²) in [6, 6.07) is 4.81. The summed E-state index contributed by atoms with van der Waals surface area (Å²) >= 11 is 1.84. The second-order valence-corrected chi connectivity index (χ2v) is 6.23. The van der Waals surface area contributed by atoms with Crippen LogP contribution in [0.2, 0.25) is 0 Å². The molecule has 3 heteroatoms. The van der Waals surface area contributed by atoms with Gasteiger partial charge in [0.05, 0.1) is 6.04 Å². The first-order valence-electron chi connectivity index (χ1n) is 6.86. The number of dihydropyridines is 1. The van der Waals surface area contributed by atoms with Gasteiger partial charge in [-0.3, -0.25) is 4.99 Å². The standard InChI is InChI=1S/C15H20N2S/c1-11-9-13(15-3-2-8-18-15)10-14(17-11)12-4-6-16-7-5-12/h2-3,8,10-12,16H,4-7,9H2,1H3/t11-/m0/s1. The minimum Gasteiger partial charge on any atom is -0.317 e. The molecule has 2 nitrogen and oxygen atoms in total. The molecule has 0 bridgehead atoms. The van der Waals surface area contributed by atoms with E-state index in [0.29, 0.717) is 12.0 Å². The minimum absolute atomic E-state index is 0.442. The lowest BCUT2D eigenvalue weighted by Crippen LogP contribution is -2.32. The van der Waals surface area contributed by atoms with Crippen LogP contribution >= 0.6 is 11.3 Å². The van der Waals surface area contributed by atoms with Crippen LogP contribution in [0.3, 0.4) is 0 Å². The minimum atomic E-state index is 0.442. The molecule has 0 saturated carbocycles. The van der Waals surface area contributed by atoms with Crippen molar-refractivity contribution >= 4 is 22.6 Å². The number of aliphatic imine (C=N–C) groups is 1. The molecule has 1 saturated heterocycles. The number of piperidine rings is 1. The lowest BCUT2D eigenvalue weighted by molar-refractivity contribution is 0.455. The fourth-order valence-electron chi connectivity index (χ4n) is 2.87. The van der Waals surface area contributed by atoms with Crippen molar-refractivity contribution in [3.63, 3.8) is 0 Å². The van der Waals surface area contributed by atoms with Crippen LogP contribution in [-0.4, -0.2) is 24.8 Å². The number of rotatable bonds is 2. The molecule has 18 heavy (non-hydrogen) atoms. The van der Waals surface area contributed by atoms with E-state index in [-0.39, 0.29) is 0 Å². The van der Waals surface area contributed by atoms with Crippen LogP contribution in [0.4, 0.5) is 0 Å². The Morgan fingerprint density at radius 3 is 2.89 bits per heavy atom. The number of hydrogen-bond acceptors (Lipinski definition) is 3. The topological polar surface area (TPSA) is 24.4 Å². The number of hydrogen-bond donors (Lipinski definition) is 1. The van der Waals surface area contributed by atoms with Gasteiger partial charge in [0.25, 0.3) is 0 Å². The smallest absolute Gasteiger partial charge is 0.0515 e. The van der Waals surface area contributed by atoms with Gasteiger partial charge in [0.1, 0.15) is 0 Å². The van der Waals surface area contributed by atoms with Gasteiger partial charge in [-0.2, -0.15) is 0 Å². The zero-order chi connectivity index (χ0) is 12.4. The maximum atomic E-state index is 4.88. The fraction of sp³-hybridized carbons (Fsp3) is 0.533. The summed E-state index contributed by atoms with van der Waals surface area (Å²) in [6.45, 7) is 4.52. The predicted octanol–water partition coefficient (Wildman–Crippen LogP) is 3.36. The van der Waals surface area contributed by atoms with Crippen molar-refractivity contribution in [2.75, 3.05) is 13.1 Å². The summed E-state index contributed by atoms with van der Waals surface area (Å²) in [5.74, 6) is 0.670. The van der Waals surface area contributed by atoms with Crippen LogP contribution in [0.1, 0.15) is 31.1 Å². The van der Waals surface area contributed by atoms with Crippen LogP contribution < -0.4 is 5.32 Å². The Hall–Kier alpha value is -0.930. The first-order chi connectivity index (χ1) is 8.83. The lowest BCUT2D eigenvalue weighted by Gasteiger charge is -2.27. The van der Waals surface area contributed by atoms with Crippen LogP contribution in [0.15, 0.2) is 28.6 Å². The highest BCUT2D eigenvalue weighted by atomic mass is 32.1. The van der Waals surface area contributed by atoms with Crippen molar-refractivity contribution < 1.29 is 0 Å². The molecule has 3 rings (SSSR count). The molecule has 0 unspecified atom stereocenters. The van der Waals surface area contributed by atoms with Gasteiger partial charge in [-0.05, 0) is 62.4 Å². The molecule has 0 amide bonds. The summed E-state index contributed by atoms with van der Waals surface area (Å²) < 4.78 is 0. The molecule has 96 valence electrons. The lowest BCUT2D eigenvalue weighted by atomic mass is 9.88. The SMILES string of the molecule is C[C@H]1CC(c2cccs2)=CC(C2CCNCC2)=N1. The van der Waals surface area contributed by atoms with Gasteiger partial charge in [-0.1, -0.05) is 6.07 Å². The van der Waals surface area contributed by atoms with Crippen LogP contribution in [0.25, 0.3) is 5.57 Å². The molecule has 1 atom stereocenters. The van der Waals surface area contributed by atoms with E-state index < -0.39 is 0 Å². The Kier molecular flexibility index (Phi) is 3.62. The highest BCUT2D eigenvalue weighted by molar-refractivity contribution is 7.11. The molecule has 1 aromatic heterocycles. The second-order valence-electron chi connectivity index (χ2n) is 5.28. The number of nitrogens with zero attached hydrogens (tertiary/aromatic N) is 1. The van der Waals surface area contributed by atoms with E-state index in [1.807, 2.05) is 11.3 Å². The monoisotopic (exact) mass is 260 g/mol. The average molecular weight is 260 g/mol. The summed E-state index contributed by atoms with van der Waals surface area (Å²) in [4.78, 5) is 6.30. The molecule has 3 heterocycles. The highest BCUT2D eigenvalue weighted by Crippen LogP contribution is 2.30. The van der Waals surface area contributed by atoms with E-state index in [1.165, 1.54) is 29.0 Å². The van der Waals surface area contributed by atoms with Crippen molar-refractivity contribution in [2.24, 2.45) is 10.9 Å². The van der Waals surface area contributed by atoms with Crippen LogP contribution in [0, 0.1) is 5.92 Å². The maximum absolute atomic E-state index is 4.88. The van der Waals surface area contributed by atoms with Gasteiger partial charge in [-0.25, -0.2) is 0 Å². The van der Waals surface area contributed by atoms with Crippen LogP contribution in [-0.2, 0) is 0 Å². The van der Waals surface area contributed by atoms with Crippen molar-refractivity contribution in [2.45, 2.75) is 32.2 Å². The molecule has 0 radical (unpaired) electrons. The van der Waals surface area contributed by atoms with E-state index >= 15 is 0 Å². The third kappa shape index (κ3) is 2.57. The number of nitrogens with one attached hydrogen (secondary N) is 1. The van der Waals surface area contributed by atoms with E-state index in [0.717, 1.165) is 19.5 Å². The first kappa shape index (κ1) is 12.1. The molecular weight excluding hydrogens is 240 g/mol. The van der Waals surface area contributed by atoms with Gasteiger partial charge in [0, 0.05) is 16.5 Å². The summed E-state index contributed by atoms with van der Waals surface area (Å²) in [7, 11) is 0. The zero-order valence-corrected chi connectivity index (χ0v) is 11.7. The normalized spacial score (nSPS) is 25.7. The highest BCUT2D eigenvalue weighted by Gasteiger charge is 2.22. The van der Waals surface area contributed by atoms with Gasteiger partial charge < -0.3 is 5.32 Å². The molecule has 0 aromatic carbocycles. The summed E-state index contributed by atoms with van der Waals surface area (Å²) in [5, 5.41) is 5.59. The van der Waals surface area contributed by atoms with Crippen LogP contribution in [0.5, 0.6) is 0 Å². The van der Waals surface area contributed by atoms with Gasteiger partial charge >= 0.3 is 0 Å². The molecule has 1 fully saturated rings. The zero-order valence-electron chi connectivity index (χ0n) is 10.9. The molecule has 1 aromatic rings. The Bertz CT molecular complexity index is 453. The number of thiophene rings is 1. The van der Waals surface area contributed by atoms with Crippen molar-refractivity contribution in [1.82, 2.24) is 5.32 Å². The second kappa shape index (κ2) is 5.37. The third-order valence-corrected chi connectivity index (χ3v) is 4.75. The predicted molar refractivity (Wildman–Crippen MR) is 79.4 cm³/mol. The van der Waals surface area contributed by atoms with Gasteiger partial charge in [-0.15, -0.1) is 11.3 Å². The maximum Gasteiger partial charge on any atom is 0.0515 e. The Morgan fingerprint density at radius 2 is 2.17 bits per heavy atom. The molecule has 2 aliphatic rings. The van der Waals surface area contributed by atoms with E-state index in [2.05, 4.69) is 35.8 Å². The van der Waals surface area contributed by atoms with E-state index in [9.17, 15) is 0 Å². The quantitative estimate of drug-likeness (QED) is 0.866. The number of allylic oxidation sites excluding steroid dienone is 1. The Balaban J connectivity index is 1.84. The van der Waals surface area contributed by atoms with Crippen molar-refractivity contribution in [3.8, 4) is 0 Å². The molecule has 0 spiro atoms. The van der Waals surface area contributed by atoms with Crippen molar-refractivity contribution in [1.29, 1.82) is 0 Å². The van der Waals surface area contributed by atoms with Crippen molar-refractivity contribution in [3.05, 3.63) is 28.5 Å². The summed E-state index contributed by atoms with van der Waals surface area (Å²) in [6.07, 6.45) is 5.93. The Morgan fingerprint density at radius 1 is 1.33 bits per heavy atom. The van der Waals surface area contributed by atoms with E-state index in [1.54, 1.807) is 0 Å². The molecular formula is C15H20N2S. The molecule has 1 N–H and O–H groups in total. The first-order valence-corrected chi connectivity index (χ1v) is 7.74. The third-order valence-electron chi connectivity index (χ3n) is 3.80. The van der Waals surface area contributed by atoms with Gasteiger partial charge in [0.2, 0.25) is 0 Å². The van der Waals surface area contributed by atoms with E-state index in [4.69, 9.17) is 4.99 Å². The summed E-state index contributed by atoms with van der Waals surface area (Å²) in [5.41, 5.74) is 2.83. The Labute approximate surface area is 113 Å². The molecule has 2 aliphatic heterocycles. The molecule has 0 aliphatic carbocycles. The average Bonchev–Trinajstić information content (AvgIpc) is 2.93. The fourth-order valence-corrected chi connectivity index (χ4v) is 3.62. The van der Waals surface area contributed by atoms with Gasteiger partial charge in [0.15, 0.2) is 0 Å². The largest absolute Gasteiger partial charge is 0.317 e.